The molecule has 0 aliphatic rings. The van der Waals surface area contributed by atoms with E-state index in [4.69, 9.17) is 10.00 Å². The highest BCUT2D eigenvalue weighted by atomic mass is 16.6. The Morgan fingerprint density at radius 1 is 1.20 bits per heavy atom. The molecule has 0 saturated heterocycles. The van der Waals surface area contributed by atoms with E-state index in [1.54, 1.807) is 24.3 Å². The first-order chi connectivity index (χ1) is 12.2. The Labute approximate surface area is 142 Å². The number of rotatable bonds is 5. The van der Waals surface area contributed by atoms with E-state index >= 15 is 0 Å². The SMILES string of the molecule is N#Cc1ccc(Nc2cccc(Oc3cnccn3)c2)c([N+](=O)[O-])c1. The summed E-state index contributed by atoms with van der Waals surface area (Å²) in [5.41, 5.74) is 0.908. The van der Waals surface area contributed by atoms with Crippen LogP contribution in [-0.4, -0.2) is 14.9 Å². The van der Waals surface area contributed by atoms with Crippen LogP contribution in [-0.2, 0) is 0 Å². The number of nitriles is 1. The summed E-state index contributed by atoms with van der Waals surface area (Å²) in [6.07, 6.45) is 4.53. The van der Waals surface area contributed by atoms with Crippen molar-refractivity contribution in [2.75, 3.05) is 5.32 Å². The van der Waals surface area contributed by atoms with Crippen molar-refractivity contribution in [1.82, 2.24) is 9.97 Å². The average Bonchev–Trinajstić information content (AvgIpc) is 2.63. The fourth-order valence-corrected chi connectivity index (χ4v) is 2.11. The number of nitrogens with one attached hydrogen (secondary N) is 1. The summed E-state index contributed by atoms with van der Waals surface area (Å²) >= 11 is 0. The van der Waals surface area contributed by atoms with E-state index in [-0.39, 0.29) is 16.9 Å². The summed E-state index contributed by atoms with van der Waals surface area (Å²) in [5, 5.41) is 23.0. The lowest BCUT2D eigenvalue weighted by Crippen LogP contribution is -1.98. The molecule has 0 bridgehead atoms. The maximum absolute atomic E-state index is 11.2. The smallest absolute Gasteiger partial charge is 0.293 e. The maximum atomic E-state index is 11.2. The van der Waals surface area contributed by atoms with Crippen molar-refractivity contribution < 1.29 is 9.66 Å². The summed E-state index contributed by atoms with van der Waals surface area (Å²) < 4.78 is 5.58. The minimum Gasteiger partial charge on any atom is -0.437 e. The Morgan fingerprint density at radius 3 is 2.80 bits per heavy atom. The quantitative estimate of drug-likeness (QED) is 0.558. The standard InChI is InChI=1S/C17H11N5O3/c18-10-12-4-5-15(16(8-12)22(23)24)21-13-2-1-3-14(9-13)25-17-11-19-6-7-20-17/h1-9,11,21H. The van der Waals surface area contributed by atoms with E-state index in [1.165, 1.54) is 36.8 Å². The molecule has 0 radical (unpaired) electrons. The van der Waals surface area contributed by atoms with Gasteiger partial charge in [-0.05, 0) is 24.3 Å². The van der Waals surface area contributed by atoms with Crippen LogP contribution in [0.4, 0.5) is 17.1 Å². The molecule has 1 N–H and O–H groups in total. The van der Waals surface area contributed by atoms with Gasteiger partial charge in [0.05, 0.1) is 22.8 Å². The number of aromatic nitrogens is 2. The van der Waals surface area contributed by atoms with Crippen molar-refractivity contribution in [2.45, 2.75) is 0 Å². The number of hydrogen-bond donors (Lipinski definition) is 1. The van der Waals surface area contributed by atoms with Gasteiger partial charge in [0.25, 0.3) is 5.69 Å². The number of nitro benzene ring substituents is 1. The molecular weight excluding hydrogens is 322 g/mol. The minimum absolute atomic E-state index is 0.181. The van der Waals surface area contributed by atoms with Gasteiger partial charge in [0.2, 0.25) is 5.88 Å². The molecule has 1 aromatic heterocycles. The van der Waals surface area contributed by atoms with Crippen molar-refractivity contribution >= 4 is 17.1 Å². The van der Waals surface area contributed by atoms with Gasteiger partial charge in [0, 0.05) is 30.2 Å². The molecule has 0 atom stereocenters. The molecule has 3 aromatic rings. The van der Waals surface area contributed by atoms with Crippen LogP contribution in [0.1, 0.15) is 5.56 Å². The Morgan fingerprint density at radius 2 is 2.08 bits per heavy atom. The summed E-state index contributed by atoms with van der Waals surface area (Å²) in [6, 6.07) is 13.0. The third-order valence-electron chi connectivity index (χ3n) is 3.20. The van der Waals surface area contributed by atoms with E-state index in [1.807, 2.05) is 6.07 Å². The predicted octanol–water partition coefficient (Wildman–Crippen LogP) is 3.79. The van der Waals surface area contributed by atoms with Crippen LogP contribution in [0.25, 0.3) is 0 Å². The number of ether oxygens (including phenoxy) is 1. The second-order valence-electron chi connectivity index (χ2n) is 4.90. The summed E-state index contributed by atoms with van der Waals surface area (Å²) in [7, 11) is 0. The van der Waals surface area contributed by atoms with E-state index in [9.17, 15) is 10.1 Å². The van der Waals surface area contributed by atoms with E-state index in [0.717, 1.165) is 0 Å². The van der Waals surface area contributed by atoms with Gasteiger partial charge in [-0.2, -0.15) is 5.26 Å². The molecule has 25 heavy (non-hydrogen) atoms. The highest BCUT2D eigenvalue weighted by Crippen LogP contribution is 2.30. The van der Waals surface area contributed by atoms with Gasteiger partial charge in [0.15, 0.2) is 0 Å². The topological polar surface area (TPSA) is 114 Å². The third kappa shape index (κ3) is 3.86. The van der Waals surface area contributed by atoms with Crippen molar-refractivity contribution in [3.05, 3.63) is 76.7 Å². The van der Waals surface area contributed by atoms with Crippen LogP contribution >= 0.6 is 0 Å². The van der Waals surface area contributed by atoms with Gasteiger partial charge in [-0.25, -0.2) is 4.98 Å². The lowest BCUT2D eigenvalue weighted by molar-refractivity contribution is -0.383. The lowest BCUT2D eigenvalue weighted by atomic mass is 10.2. The molecule has 0 saturated carbocycles. The Kier molecular flexibility index (Phi) is 4.49. The zero-order chi connectivity index (χ0) is 17.6. The number of hydrogen-bond acceptors (Lipinski definition) is 7. The highest BCUT2D eigenvalue weighted by Gasteiger charge is 2.15. The lowest BCUT2D eigenvalue weighted by Gasteiger charge is -2.09. The molecule has 0 spiro atoms. The van der Waals surface area contributed by atoms with Gasteiger partial charge in [-0.3, -0.25) is 15.1 Å². The Hall–Kier alpha value is -3.99. The largest absolute Gasteiger partial charge is 0.437 e. The molecule has 0 amide bonds. The first-order valence-electron chi connectivity index (χ1n) is 7.15. The summed E-state index contributed by atoms with van der Waals surface area (Å²) in [4.78, 5) is 18.6. The van der Waals surface area contributed by atoms with E-state index in [2.05, 4.69) is 15.3 Å². The number of nitrogens with zero attached hydrogens (tertiary/aromatic N) is 4. The van der Waals surface area contributed by atoms with Crippen LogP contribution < -0.4 is 10.1 Å². The zero-order valence-corrected chi connectivity index (χ0v) is 12.8. The first-order valence-corrected chi connectivity index (χ1v) is 7.15. The molecule has 0 fully saturated rings. The monoisotopic (exact) mass is 333 g/mol. The van der Waals surface area contributed by atoms with Crippen molar-refractivity contribution in [3.63, 3.8) is 0 Å². The normalized spacial score (nSPS) is 9.88. The van der Waals surface area contributed by atoms with Crippen LogP contribution in [0, 0.1) is 21.4 Å². The van der Waals surface area contributed by atoms with Crippen molar-refractivity contribution in [2.24, 2.45) is 0 Å². The van der Waals surface area contributed by atoms with E-state index < -0.39 is 4.92 Å². The number of nitro groups is 1. The third-order valence-corrected chi connectivity index (χ3v) is 3.20. The molecule has 1 heterocycles. The molecule has 8 nitrogen and oxygen atoms in total. The van der Waals surface area contributed by atoms with Gasteiger partial charge in [-0.15, -0.1) is 0 Å². The van der Waals surface area contributed by atoms with Gasteiger partial charge < -0.3 is 10.1 Å². The molecule has 2 aromatic carbocycles. The molecule has 0 aliphatic heterocycles. The fraction of sp³-hybridized carbons (Fsp3) is 0. The number of benzene rings is 2. The molecule has 8 heteroatoms. The molecule has 122 valence electrons. The zero-order valence-electron chi connectivity index (χ0n) is 12.8. The predicted molar refractivity (Wildman–Crippen MR) is 89.6 cm³/mol. The van der Waals surface area contributed by atoms with E-state index in [0.29, 0.717) is 17.3 Å². The van der Waals surface area contributed by atoms with Crippen LogP contribution in [0.3, 0.4) is 0 Å². The molecular formula is C17H11N5O3. The second kappa shape index (κ2) is 7.06. The maximum Gasteiger partial charge on any atom is 0.293 e. The van der Waals surface area contributed by atoms with Crippen LogP contribution in [0.2, 0.25) is 0 Å². The minimum atomic E-state index is -0.539. The van der Waals surface area contributed by atoms with Crippen molar-refractivity contribution in [1.29, 1.82) is 5.26 Å². The van der Waals surface area contributed by atoms with Gasteiger partial charge in [0.1, 0.15) is 11.4 Å². The van der Waals surface area contributed by atoms with Gasteiger partial charge in [-0.1, -0.05) is 6.07 Å². The van der Waals surface area contributed by atoms with Crippen LogP contribution in [0.5, 0.6) is 11.6 Å². The van der Waals surface area contributed by atoms with Gasteiger partial charge >= 0.3 is 0 Å². The van der Waals surface area contributed by atoms with Crippen molar-refractivity contribution in [3.8, 4) is 17.7 Å². The summed E-state index contributed by atoms with van der Waals surface area (Å²) in [6.45, 7) is 0. The second-order valence-corrected chi connectivity index (χ2v) is 4.90. The molecule has 3 rings (SSSR count). The molecule has 0 aliphatic carbocycles. The summed E-state index contributed by atoms with van der Waals surface area (Å²) in [5.74, 6) is 0.839. The first kappa shape index (κ1) is 15.9. The average molecular weight is 333 g/mol. The number of anilines is 2. The fourth-order valence-electron chi connectivity index (χ4n) is 2.11. The Balaban J connectivity index is 1.85. The van der Waals surface area contributed by atoms with Crippen LogP contribution in [0.15, 0.2) is 61.1 Å². The molecule has 0 unspecified atom stereocenters. The highest BCUT2D eigenvalue weighted by molar-refractivity contribution is 5.71. The Bertz CT molecular complexity index is 954.